The zero-order chi connectivity index (χ0) is 19.3. The largest absolute Gasteiger partial charge is 0.507 e. The third-order valence-corrected chi connectivity index (χ3v) is 4.09. The Bertz CT molecular complexity index is 734. The summed E-state index contributed by atoms with van der Waals surface area (Å²) in [6, 6.07) is 2.93. The second kappa shape index (κ2) is 8.69. The molecule has 3 N–H and O–H groups in total. The van der Waals surface area contributed by atoms with E-state index in [1.54, 1.807) is 37.3 Å². The molecule has 0 spiro atoms. The zero-order valence-electron chi connectivity index (χ0n) is 14.9. The van der Waals surface area contributed by atoms with Crippen LogP contribution in [0.4, 0.5) is 0 Å². The van der Waals surface area contributed by atoms with Crippen LogP contribution in [0.5, 0.6) is 11.5 Å². The first-order valence-electron chi connectivity index (χ1n) is 8.33. The standard InChI is InChI=1S/C20H24O6/c1-12-6-4-7-13(2)26-20(24)18-14(8-5-9-16(21)19(12)23)10-15(25-3)11-17(18)22/h4-6,8,10-11,13,16,19,21-23H,1,7,9H2,2-3H3/b6-4-,8-5+/t13-,16-,19+/m0/s1. The molecule has 0 bridgehead atoms. The molecule has 1 heterocycles. The number of cyclic esters (lactones) is 1. The van der Waals surface area contributed by atoms with Gasteiger partial charge in [0.25, 0.3) is 0 Å². The fourth-order valence-corrected chi connectivity index (χ4v) is 2.60. The highest BCUT2D eigenvalue weighted by Gasteiger charge is 2.21. The molecule has 26 heavy (non-hydrogen) atoms. The molecule has 0 fully saturated rings. The van der Waals surface area contributed by atoms with Gasteiger partial charge < -0.3 is 24.8 Å². The van der Waals surface area contributed by atoms with E-state index < -0.39 is 24.3 Å². The summed E-state index contributed by atoms with van der Waals surface area (Å²) < 4.78 is 10.5. The molecule has 2 rings (SSSR count). The summed E-state index contributed by atoms with van der Waals surface area (Å²) in [5, 5.41) is 30.4. The minimum absolute atomic E-state index is 0.0226. The third-order valence-electron chi connectivity index (χ3n) is 4.09. The molecule has 0 radical (unpaired) electrons. The predicted molar refractivity (Wildman–Crippen MR) is 98.1 cm³/mol. The first-order valence-corrected chi connectivity index (χ1v) is 8.33. The van der Waals surface area contributed by atoms with E-state index in [0.29, 0.717) is 23.3 Å². The number of rotatable bonds is 1. The monoisotopic (exact) mass is 360 g/mol. The number of aromatic hydroxyl groups is 1. The maximum atomic E-state index is 12.5. The highest BCUT2D eigenvalue weighted by Crippen LogP contribution is 2.30. The summed E-state index contributed by atoms with van der Waals surface area (Å²) in [4.78, 5) is 12.5. The van der Waals surface area contributed by atoms with Gasteiger partial charge in [-0.1, -0.05) is 30.9 Å². The molecule has 1 aliphatic heterocycles. The van der Waals surface area contributed by atoms with E-state index in [2.05, 4.69) is 6.58 Å². The van der Waals surface area contributed by atoms with Crippen molar-refractivity contribution in [2.24, 2.45) is 0 Å². The Kier molecular flexibility index (Phi) is 6.60. The summed E-state index contributed by atoms with van der Waals surface area (Å²) in [5.74, 6) is -0.523. The molecule has 6 heteroatoms. The van der Waals surface area contributed by atoms with Crippen molar-refractivity contribution in [1.82, 2.24) is 0 Å². The van der Waals surface area contributed by atoms with Gasteiger partial charge in [0.15, 0.2) is 0 Å². The van der Waals surface area contributed by atoms with E-state index in [1.807, 2.05) is 0 Å². The highest BCUT2D eigenvalue weighted by atomic mass is 16.5. The molecular weight excluding hydrogens is 336 g/mol. The Morgan fingerprint density at radius 1 is 1.19 bits per heavy atom. The molecule has 0 saturated heterocycles. The molecule has 0 amide bonds. The van der Waals surface area contributed by atoms with Gasteiger partial charge >= 0.3 is 5.97 Å². The lowest BCUT2D eigenvalue weighted by Crippen LogP contribution is -2.26. The van der Waals surface area contributed by atoms with Crippen LogP contribution in [0.2, 0.25) is 0 Å². The van der Waals surface area contributed by atoms with Crippen molar-refractivity contribution in [3.8, 4) is 11.5 Å². The van der Waals surface area contributed by atoms with Crippen molar-refractivity contribution in [3.63, 3.8) is 0 Å². The average molecular weight is 360 g/mol. The Hall–Kier alpha value is -2.57. The minimum atomic E-state index is -1.10. The third kappa shape index (κ3) is 4.74. The first-order chi connectivity index (χ1) is 12.3. The highest BCUT2D eigenvalue weighted by molar-refractivity contribution is 5.97. The van der Waals surface area contributed by atoms with E-state index in [0.717, 1.165) is 0 Å². The number of phenolic OH excluding ortho intramolecular Hbond substituents is 1. The lowest BCUT2D eigenvalue weighted by molar-refractivity contribution is 0.0343. The normalized spacial score (nSPS) is 27.0. The molecule has 140 valence electrons. The SMILES string of the molecule is C=C1/C=C\C[C@H](C)OC(=O)c2c(O)cc(OC)cc2/C=C/C[C@H](O)[C@@H]1O. The van der Waals surface area contributed by atoms with Crippen LogP contribution in [0, 0.1) is 0 Å². The Balaban J connectivity index is 2.45. The number of aliphatic hydroxyl groups is 2. The van der Waals surface area contributed by atoms with Crippen molar-refractivity contribution in [1.29, 1.82) is 0 Å². The van der Waals surface area contributed by atoms with Crippen LogP contribution in [-0.4, -0.2) is 46.7 Å². The van der Waals surface area contributed by atoms with Crippen molar-refractivity contribution in [3.05, 3.63) is 53.6 Å². The van der Waals surface area contributed by atoms with E-state index >= 15 is 0 Å². The van der Waals surface area contributed by atoms with Crippen LogP contribution >= 0.6 is 0 Å². The van der Waals surface area contributed by atoms with Crippen molar-refractivity contribution < 1.29 is 29.6 Å². The van der Waals surface area contributed by atoms with Gasteiger partial charge in [-0.3, -0.25) is 0 Å². The predicted octanol–water partition coefficient (Wildman–Crippen LogP) is 2.59. The summed E-state index contributed by atoms with van der Waals surface area (Å²) in [5.41, 5.74) is 0.794. The smallest absolute Gasteiger partial charge is 0.342 e. The van der Waals surface area contributed by atoms with Gasteiger partial charge in [0.05, 0.1) is 13.2 Å². The average Bonchev–Trinajstić information content (AvgIpc) is 2.59. The summed E-state index contributed by atoms with van der Waals surface area (Å²) >= 11 is 0. The van der Waals surface area contributed by atoms with E-state index in [1.165, 1.54) is 13.2 Å². The van der Waals surface area contributed by atoms with Crippen molar-refractivity contribution >= 4 is 12.0 Å². The maximum absolute atomic E-state index is 12.5. The lowest BCUT2D eigenvalue weighted by Gasteiger charge is -2.18. The molecule has 0 aliphatic carbocycles. The fourth-order valence-electron chi connectivity index (χ4n) is 2.60. The van der Waals surface area contributed by atoms with Crippen LogP contribution in [0.1, 0.15) is 35.7 Å². The number of carbonyl (C=O) groups excluding carboxylic acids is 1. The number of fused-ring (bicyclic) bond motifs is 1. The van der Waals surface area contributed by atoms with Crippen LogP contribution in [0.15, 0.2) is 42.5 Å². The molecule has 3 atom stereocenters. The molecule has 0 aromatic heterocycles. The van der Waals surface area contributed by atoms with Crippen molar-refractivity contribution in [2.45, 2.75) is 38.1 Å². The van der Waals surface area contributed by atoms with Gasteiger partial charge in [-0.05, 0) is 30.5 Å². The molecule has 1 aromatic carbocycles. The van der Waals surface area contributed by atoms with Gasteiger partial charge in [-0.2, -0.15) is 0 Å². The number of ether oxygens (including phenoxy) is 2. The Morgan fingerprint density at radius 2 is 1.88 bits per heavy atom. The number of carbonyl (C=O) groups is 1. The second-order valence-electron chi connectivity index (χ2n) is 6.19. The number of aliphatic hydroxyl groups excluding tert-OH is 2. The van der Waals surface area contributed by atoms with Gasteiger partial charge in [0.1, 0.15) is 29.3 Å². The minimum Gasteiger partial charge on any atom is -0.507 e. The lowest BCUT2D eigenvalue weighted by atomic mass is 10.00. The number of benzene rings is 1. The fraction of sp³-hybridized carbons (Fsp3) is 0.350. The number of phenols is 1. The van der Waals surface area contributed by atoms with E-state index in [9.17, 15) is 20.1 Å². The molecule has 6 nitrogen and oxygen atoms in total. The van der Waals surface area contributed by atoms with Gasteiger partial charge in [0, 0.05) is 12.5 Å². The van der Waals surface area contributed by atoms with Crippen LogP contribution < -0.4 is 4.74 Å². The van der Waals surface area contributed by atoms with Crippen LogP contribution in [0.3, 0.4) is 0 Å². The van der Waals surface area contributed by atoms with Crippen LogP contribution in [0.25, 0.3) is 6.08 Å². The summed E-state index contributed by atoms with van der Waals surface area (Å²) in [6.07, 6.45) is 4.43. The molecule has 1 aliphatic rings. The van der Waals surface area contributed by atoms with E-state index in [-0.39, 0.29) is 17.7 Å². The molecular formula is C20H24O6. The number of esters is 1. The van der Waals surface area contributed by atoms with E-state index in [4.69, 9.17) is 9.47 Å². The second-order valence-corrected chi connectivity index (χ2v) is 6.19. The van der Waals surface area contributed by atoms with Crippen LogP contribution in [-0.2, 0) is 4.74 Å². The molecule has 1 aromatic rings. The Morgan fingerprint density at radius 3 is 2.58 bits per heavy atom. The van der Waals surface area contributed by atoms with Gasteiger partial charge in [-0.15, -0.1) is 0 Å². The van der Waals surface area contributed by atoms with Crippen molar-refractivity contribution in [2.75, 3.05) is 7.11 Å². The zero-order valence-corrected chi connectivity index (χ0v) is 14.9. The topological polar surface area (TPSA) is 96.2 Å². The van der Waals surface area contributed by atoms with Gasteiger partial charge in [0.2, 0.25) is 0 Å². The number of hydrogen-bond acceptors (Lipinski definition) is 6. The maximum Gasteiger partial charge on any atom is 0.342 e. The number of methoxy groups -OCH3 is 1. The van der Waals surface area contributed by atoms with Gasteiger partial charge in [-0.25, -0.2) is 4.79 Å². The number of hydrogen-bond donors (Lipinski definition) is 3. The summed E-state index contributed by atoms with van der Waals surface area (Å²) in [6.45, 7) is 5.47. The molecule has 0 unspecified atom stereocenters. The summed E-state index contributed by atoms with van der Waals surface area (Å²) in [7, 11) is 1.45. The Labute approximate surface area is 152 Å². The quantitative estimate of drug-likeness (QED) is 0.666. The first kappa shape index (κ1) is 19.8. The molecule has 0 saturated carbocycles.